The fourth-order valence-corrected chi connectivity index (χ4v) is 3.48. The Balaban J connectivity index is 1.89. The molecule has 1 N–H and O–H groups in total. The van der Waals surface area contributed by atoms with Crippen LogP contribution in [-0.2, 0) is 9.59 Å². The van der Waals surface area contributed by atoms with Crippen LogP contribution in [0.1, 0.15) is 52.6 Å². The summed E-state index contributed by atoms with van der Waals surface area (Å²) < 4.78 is 5.71. The van der Waals surface area contributed by atoms with Crippen LogP contribution in [0.5, 0.6) is 5.75 Å². The first-order chi connectivity index (χ1) is 13.3. The van der Waals surface area contributed by atoms with Gasteiger partial charge in [-0.05, 0) is 19.4 Å². The molecule has 1 saturated heterocycles. The van der Waals surface area contributed by atoms with E-state index in [0.717, 1.165) is 30.8 Å². The highest BCUT2D eigenvalue weighted by Crippen LogP contribution is 2.27. The van der Waals surface area contributed by atoms with E-state index < -0.39 is 0 Å². The molecule has 0 aliphatic carbocycles. The van der Waals surface area contributed by atoms with Crippen LogP contribution in [-0.4, -0.2) is 60.9 Å². The summed E-state index contributed by atoms with van der Waals surface area (Å²) in [4.78, 5) is 29.0. The monoisotopic (exact) mass is 389 g/mol. The molecular weight excluding hydrogens is 354 g/mol. The molecule has 0 spiro atoms. The van der Waals surface area contributed by atoms with E-state index in [2.05, 4.69) is 17.1 Å². The van der Waals surface area contributed by atoms with Crippen LogP contribution in [0.3, 0.4) is 0 Å². The predicted octanol–water partition coefficient (Wildman–Crippen LogP) is 2.84. The number of hydrogen-bond donors (Lipinski definition) is 1. The standard InChI is InChI=1S/C22H35N3O3/c1-6-18(17-10-8-9-11-19(17)28-7-2)23-20(26)16-24-12-14-25(15-13-24)21(27)22(3,4)5/h8-11,18H,6-7,12-16H2,1-5H3,(H,23,26). The molecule has 1 aliphatic rings. The number of carbonyl (C=O) groups excluding carboxylic acids is 2. The van der Waals surface area contributed by atoms with Crippen molar-refractivity contribution >= 4 is 11.8 Å². The van der Waals surface area contributed by atoms with Crippen molar-refractivity contribution in [1.82, 2.24) is 15.1 Å². The van der Waals surface area contributed by atoms with E-state index in [4.69, 9.17) is 4.74 Å². The second-order valence-corrected chi connectivity index (χ2v) is 8.32. The summed E-state index contributed by atoms with van der Waals surface area (Å²) in [7, 11) is 0. The molecule has 28 heavy (non-hydrogen) atoms. The minimum Gasteiger partial charge on any atom is -0.494 e. The van der Waals surface area contributed by atoms with E-state index in [1.54, 1.807) is 0 Å². The van der Waals surface area contributed by atoms with Gasteiger partial charge in [-0.2, -0.15) is 0 Å². The number of nitrogens with one attached hydrogen (secondary N) is 1. The molecule has 2 rings (SSSR count). The van der Waals surface area contributed by atoms with Gasteiger partial charge in [0.15, 0.2) is 0 Å². The number of rotatable bonds is 7. The number of ether oxygens (including phenoxy) is 1. The van der Waals surface area contributed by atoms with Crippen LogP contribution in [0.25, 0.3) is 0 Å². The quantitative estimate of drug-likeness (QED) is 0.779. The zero-order valence-corrected chi connectivity index (χ0v) is 18.0. The lowest BCUT2D eigenvalue weighted by atomic mass is 9.94. The highest BCUT2D eigenvalue weighted by atomic mass is 16.5. The van der Waals surface area contributed by atoms with Gasteiger partial charge in [0, 0.05) is 37.2 Å². The third kappa shape index (κ3) is 5.96. The average molecular weight is 390 g/mol. The Bertz CT molecular complexity index is 661. The summed E-state index contributed by atoms with van der Waals surface area (Å²) in [6.45, 7) is 13.6. The van der Waals surface area contributed by atoms with Crippen molar-refractivity contribution in [2.45, 2.75) is 47.1 Å². The largest absolute Gasteiger partial charge is 0.494 e. The Morgan fingerprint density at radius 3 is 2.32 bits per heavy atom. The average Bonchev–Trinajstić information content (AvgIpc) is 2.66. The van der Waals surface area contributed by atoms with E-state index in [-0.39, 0.29) is 23.3 Å². The molecule has 0 radical (unpaired) electrons. The lowest BCUT2D eigenvalue weighted by molar-refractivity contribution is -0.141. The Morgan fingerprint density at radius 2 is 1.75 bits per heavy atom. The highest BCUT2D eigenvalue weighted by molar-refractivity contribution is 5.82. The fourth-order valence-electron chi connectivity index (χ4n) is 3.48. The molecule has 6 nitrogen and oxygen atoms in total. The number of piperazine rings is 1. The van der Waals surface area contributed by atoms with Gasteiger partial charge in [-0.25, -0.2) is 0 Å². The van der Waals surface area contributed by atoms with Gasteiger partial charge in [-0.3, -0.25) is 14.5 Å². The van der Waals surface area contributed by atoms with Crippen molar-refractivity contribution < 1.29 is 14.3 Å². The molecule has 1 heterocycles. The number of carbonyl (C=O) groups is 2. The van der Waals surface area contributed by atoms with Gasteiger partial charge < -0.3 is 15.0 Å². The zero-order valence-electron chi connectivity index (χ0n) is 18.0. The molecule has 0 saturated carbocycles. The maximum atomic E-state index is 12.6. The Kier molecular flexibility index (Phi) is 7.87. The number of nitrogens with zero attached hydrogens (tertiary/aromatic N) is 2. The van der Waals surface area contributed by atoms with Crippen molar-refractivity contribution in [1.29, 1.82) is 0 Å². The maximum Gasteiger partial charge on any atom is 0.234 e. The van der Waals surface area contributed by atoms with Crippen molar-refractivity contribution in [3.05, 3.63) is 29.8 Å². The van der Waals surface area contributed by atoms with Crippen molar-refractivity contribution in [3.63, 3.8) is 0 Å². The van der Waals surface area contributed by atoms with Crippen LogP contribution >= 0.6 is 0 Å². The molecule has 1 aliphatic heterocycles. The first kappa shape index (κ1) is 22.2. The van der Waals surface area contributed by atoms with Gasteiger partial charge in [0.2, 0.25) is 11.8 Å². The van der Waals surface area contributed by atoms with E-state index in [0.29, 0.717) is 26.2 Å². The third-order valence-corrected chi connectivity index (χ3v) is 5.01. The minimum atomic E-state index is -0.359. The lowest BCUT2D eigenvalue weighted by Crippen LogP contribution is -2.53. The second-order valence-electron chi connectivity index (χ2n) is 8.32. The Hall–Kier alpha value is -2.08. The summed E-state index contributed by atoms with van der Waals surface area (Å²) in [5, 5.41) is 3.15. The van der Waals surface area contributed by atoms with E-state index in [1.807, 2.05) is 56.9 Å². The van der Waals surface area contributed by atoms with Gasteiger partial charge in [0.25, 0.3) is 0 Å². The van der Waals surface area contributed by atoms with Crippen LogP contribution in [0, 0.1) is 5.41 Å². The van der Waals surface area contributed by atoms with Gasteiger partial charge in [-0.15, -0.1) is 0 Å². The second kappa shape index (κ2) is 9.92. The Morgan fingerprint density at radius 1 is 1.11 bits per heavy atom. The summed E-state index contributed by atoms with van der Waals surface area (Å²) in [6.07, 6.45) is 0.795. The summed E-state index contributed by atoms with van der Waals surface area (Å²) >= 11 is 0. The summed E-state index contributed by atoms with van der Waals surface area (Å²) in [6, 6.07) is 7.80. The highest BCUT2D eigenvalue weighted by Gasteiger charge is 2.30. The molecule has 6 heteroatoms. The van der Waals surface area contributed by atoms with Crippen LogP contribution < -0.4 is 10.1 Å². The van der Waals surface area contributed by atoms with Gasteiger partial charge in [0.05, 0.1) is 19.2 Å². The molecule has 156 valence electrons. The normalized spacial score (nSPS) is 16.5. The number of benzene rings is 1. The molecule has 1 atom stereocenters. The minimum absolute atomic E-state index is 0.00810. The van der Waals surface area contributed by atoms with Crippen LogP contribution in [0.4, 0.5) is 0 Å². The number of hydrogen-bond acceptors (Lipinski definition) is 4. The fraction of sp³-hybridized carbons (Fsp3) is 0.636. The number of para-hydroxylation sites is 1. The van der Waals surface area contributed by atoms with Crippen molar-refractivity contribution in [3.8, 4) is 5.75 Å². The molecular formula is C22H35N3O3. The van der Waals surface area contributed by atoms with Gasteiger partial charge >= 0.3 is 0 Å². The van der Waals surface area contributed by atoms with Crippen molar-refractivity contribution in [2.24, 2.45) is 5.41 Å². The van der Waals surface area contributed by atoms with Gasteiger partial charge in [-0.1, -0.05) is 45.9 Å². The molecule has 1 aromatic rings. The predicted molar refractivity (Wildman–Crippen MR) is 111 cm³/mol. The van der Waals surface area contributed by atoms with E-state index in [1.165, 1.54) is 0 Å². The van der Waals surface area contributed by atoms with Crippen molar-refractivity contribution in [2.75, 3.05) is 39.3 Å². The molecule has 1 aromatic carbocycles. The third-order valence-electron chi connectivity index (χ3n) is 5.01. The molecule has 1 fully saturated rings. The molecule has 2 amide bonds. The first-order valence-electron chi connectivity index (χ1n) is 10.3. The number of amides is 2. The Labute approximate surface area is 169 Å². The zero-order chi connectivity index (χ0) is 20.7. The lowest BCUT2D eigenvalue weighted by Gasteiger charge is -2.37. The maximum absolute atomic E-state index is 12.6. The molecule has 0 aromatic heterocycles. The summed E-state index contributed by atoms with van der Waals surface area (Å²) in [5.41, 5.74) is 0.655. The SMILES string of the molecule is CCOc1ccccc1C(CC)NC(=O)CN1CCN(C(=O)C(C)(C)C)CC1. The summed E-state index contributed by atoms with van der Waals surface area (Å²) in [5.74, 6) is 1.01. The van der Waals surface area contributed by atoms with E-state index >= 15 is 0 Å². The van der Waals surface area contributed by atoms with E-state index in [9.17, 15) is 9.59 Å². The van der Waals surface area contributed by atoms with Crippen LogP contribution in [0.2, 0.25) is 0 Å². The molecule has 1 unspecified atom stereocenters. The van der Waals surface area contributed by atoms with Crippen LogP contribution in [0.15, 0.2) is 24.3 Å². The van der Waals surface area contributed by atoms with Gasteiger partial charge in [0.1, 0.15) is 5.75 Å². The molecule has 0 bridgehead atoms. The smallest absolute Gasteiger partial charge is 0.234 e. The first-order valence-corrected chi connectivity index (χ1v) is 10.3. The topological polar surface area (TPSA) is 61.9 Å².